The first-order valence-electron chi connectivity index (χ1n) is 6.36. The van der Waals surface area contributed by atoms with Crippen molar-refractivity contribution < 1.29 is 5.11 Å². The van der Waals surface area contributed by atoms with Gasteiger partial charge in [0.1, 0.15) is 5.82 Å². The Morgan fingerprint density at radius 1 is 1.29 bits per heavy atom. The van der Waals surface area contributed by atoms with Crippen molar-refractivity contribution in [1.82, 2.24) is 9.88 Å². The predicted molar refractivity (Wildman–Crippen MR) is 69.2 cm³/mol. The fraction of sp³-hybridized carbons (Fsp3) is 0.615. The second-order valence-electron chi connectivity index (χ2n) is 4.46. The third-order valence-electron chi connectivity index (χ3n) is 3.49. The Bertz CT molecular complexity index is 319. The van der Waals surface area contributed by atoms with Gasteiger partial charge in [0, 0.05) is 38.4 Å². The molecule has 0 radical (unpaired) electrons. The van der Waals surface area contributed by atoms with E-state index in [1.807, 2.05) is 18.3 Å². The van der Waals surface area contributed by atoms with Crippen LogP contribution in [0, 0.1) is 0 Å². The average Bonchev–Trinajstić information content (AvgIpc) is 2.42. The summed E-state index contributed by atoms with van der Waals surface area (Å²) in [6.07, 6.45) is 2.85. The number of aliphatic hydroxyl groups is 1. The average molecular weight is 235 g/mol. The van der Waals surface area contributed by atoms with Gasteiger partial charge < -0.3 is 10.0 Å². The highest BCUT2D eigenvalue weighted by atomic mass is 16.3. The number of aromatic nitrogens is 1. The molecular formula is C13H21N3O. The van der Waals surface area contributed by atoms with Gasteiger partial charge >= 0.3 is 0 Å². The Kier molecular flexibility index (Phi) is 4.34. The summed E-state index contributed by atoms with van der Waals surface area (Å²) in [7, 11) is 0. The van der Waals surface area contributed by atoms with Gasteiger partial charge in [-0.3, -0.25) is 4.90 Å². The third kappa shape index (κ3) is 2.96. The molecule has 1 fully saturated rings. The maximum absolute atomic E-state index is 9.29. The Balaban J connectivity index is 1.90. The van der Waals surface area contributed by atoms with Crippen LogP contribution in [0.4, 0.5) is 5.82 Å². The van der Waals surface area contributed by atoms with Crippen molar-refractivity contribution in [3.05, 3.63) is 24.4 Å². The molecule has 0 amide bonds. The van der Waals surface area contributed by atoms with E-state index in [9.17, 15) is 5.11 Å². The first kappa shape index (κ1) is 12.3. The van der Waals surface area contributed by atoms with Gasteiger partial charge in [0.15, 0.2) is 0 Å². The van der Waals surface area contributed by atoms with Crippen molar-refractivity contribution in [3.8, 4) is 0 Å². The zero-order chi connectivity index (χ0) is 12.1. The number of rotatable bonds is 4. The quantitative estimate of drug-likeness (QED) is 0.844. The molecule has 2 rings (SSSR count). The molecule has 0 saturated carbocycles. The molecule has 0 unspecified atom stereocenters. The molecule has 2 heterocycles. The summed E-state index contributed by atoms with van der Waals surface area (Å²) < 4.78 is 0. The van der Waals surface area contributed by atoms with Gasteiger partial charge in [0.2, 0.25) is 0 Å². The van der Waals surface area contributed by atoms with Gasteiger partial charge in [-0.25, -0.2) is 4.98 Å². The molecule has 1 N–H and O–H groups in total. The van der Waals surface area contributed by atoms with E-state index in [2.05, 4.69) is 27.8 Å². The molecule has 17 heavy (non-hydrogen) atoms. The normalized spacial score (nSPS) is 19.3. The molecule has 94 valence electrons. The molecule has 1 aliphatic rings. The minimum atomic E-state index is 0.264. The maximum atomic E-state index is 9.29. The molecule has 0 spiro atoms. The molecule has 4 heteroatoms. The number of hydrogen-bond donors (Lipinski definition) is 1. The van der Waals surface area contributed by atoms with Crippen LogP contribution in [0.3, 0.4) is 0 Å². The first-order chi connectivity index (χ1) is 8.35. The number of aliphatic hydroxyl groups excluding tert-OH is 1. The molecule has 1 aromatic heterocycles. The van der Waals surface area contributed by atoms with Crippen LogP contribution in [-0.4, -0.2) is 53.8 Å². The lowest BCUT2D eigenvalue weighted by Crippen LogP contribution is -2.51. The highest BCUT2D eigenvalue weighted by Gasteiger charge is 2.22. The van der Waals surface area contributed by atoms with Crippen LogP contribution in [0.5, 0.6) is 0 Å². The zero-order valence-corrected chi connectivity index (χ0v) is 10.4. The summed E-state index contributed by atoms with van der Waals surface area (Å²) in [6.45, 7) is 6.40. The summed E-state index contributed by atoms with van der Waals surface area (Å²) in [5.74, 6) is 1.06. The highest BCUT2D eigenvalue weighted by molar-refractivity contribution is 5.38. The molecule has 0 bridgehead atoms. The van der Waals surface area contributed by atoms with Crippen LogP contribution in [0.2, 0.25) is 0 Å². The van der Waals surface area contributed by atoms with Crippen molar-refractivity contribution in [2.24, 2.45) is 0 Å². The van der Waals surface area contributed by atoms with E-state index in [1.54, 1.807) is 0 Å². The minimum Gasteiger partial charge on any atom is -0.395 e. The second kappa shape index (κ2) is 5.98. The molecule has 0 aromatic carbocycles. The predicted octanol–water partition coefficient (Wildman–Crippen LogP) is 0.974. The fourth-order valence-electron chi connectivity index (χ4n) is 2.36. The van der Waals surface area contributed by atoms with Crippen molar-refractivity contribution in [2.45, 2.75) is 19.4 Å². The van der Waals surface area contributed by atoms with Gasteiger partial charge in [0.05, 0.1) is 6.61 Å². The van der Waals surface area contributed by atoms with E-state index in [4.69, 9.17) is 0 Å². The van der Waals surface area contributed by atoms with Crippen molar-refractivity contribution in [2.75, 3.05) is 37.7 Å². The van der Waals surface area contributed by atoms with E-state index in [1.165, 1.54) is 0 Å². The van der Waals surface area contributed by atoms with Crippen molar-refractivity contribution in [3.63, 3.8) is 0 Å². The van der Waals surface area contributed by atoms with E-state index < -0.39 is 0 Å². The lowest BCUT2D eigenvalue weighted by atomic mass is 10.1. The summed E-state index contributed by atoms with van der Waals surface area (Å²) >= 11 is 0. The Labute approximate surface area is 103 Å². The zero-order valence-electron chi connectivity index (χ0n) is 10.4. The second-order valence-corrected chi connectivity index (χ2v) is 4.46. The lowest BCUT2D eigenvalue weighted by Gasteiger charge is -2.38. The Morgan fingerprint density at radius 2 is 2.06 bits per heavy atom. The van der Waals surface area contributed by atoms with Crippen LogP contribution < -0.4 is 4.90 Å². The Hall–Kier alpha value is -1.13. The maximum Gasteiger partial charge on any atom is 0.128 e. The Morgan fingerprint density at radius 3 is 2.59 bits per heavy atom. The van der Waals surface area contributed by atoms with Crippen LogP contribution >= 0.6 is 0 Å². The van der Waals surface area contributed by atoms with Gasteiger partial charge in [-0.05, 0) is 18.6 Å². The summed E-state index contributed by atoms with van der Waals surface area (Å²) in [5, 5.41) is 9.29. The van der Waals surface area contributed by atoms with Gasteiger partial charge in [-0.1, -0.05) is 13.0 Å². The van der Waals surface area contributed by atoms with E-state index >= 15 is 0 Å². The first-order valence-corrected chi connectivity index (χ1v) is 6.36. The number of anilines is 1. The topological polar surface area (TPSA) is 39.6 Å². The summed E-state index contributed by atoms with van der Waals surface area (Å²) in [4.78, 5) is 9.05. The molecule has 4 nitrogen and oxygen atoms in total. The smallest absolute Gasteiger partial charge is 0.128 e. The summed E-state index contributed by atoms with van der Waals surface area (Å²) in [5.41, 5.74) is 0. The standard InChI is InChI=1S/C13H21N3O/c1-2-12(11-17)15-7-9-16(10-8-15)13-5-3-4-6-14-13/h3-6,12,17H,2,7-11H2,1H3/t12-/m1/s1. The molecule has 1 aliphatic heterocycles. The molecule has 1 aromatic rings. The lowest BCUT2D eigenvalue weighted by molar-refractivity contribution is 0.114. The number of pyridine rings is 1. The SMILES string of the molecule is CC[C@H](CO)N1CCN(c2ccccn2)CC1. The summed E-state index contributed by atoms with van der Waals surface area (Å²) in [6, 6.07) is 6.34. The van der Waals surface area contributed by atoms with E-state index in [0.29, 0.717) is 6.04 Å². The van der Waals surface area contributed by atoms with Crippen LogP contribution in [0.25, 0.3) is 0 Å². The fourth-order valence-corrected chi connectivity index (χ4v) is 2.36. The highest BCUT2D eigenvalue weighted by Crippen LogP contribution is 2.14. The number of piperazine rings is 1. The number of nitrogens with zero attached hydrogens (tertiary/aromatic N) is 3. The van der Waals surface area contributed by atoms with Gasteiger partial charge in [-0.15, -0.1) is 0 Å². The monoisotopic (exact) mass is 235 g/mol. The molecule has 1 atom stereocenters. The number of hydrogen-bond acceptors (Lipinski definition) is 4. The van der Waals surface area contributed by atoms with Crippen LogP contribution in [0.15, 0.2) is 24.4 Å². The van der Waals surface area contributed by atoms with Gasteiger partial charge in [-0.2, -0.15) is 0 Å². The molecule has 0 aliphatic carbocycles. The molecular weight excluding hydrogens is 214 g/mol. The van der Waals surface area contributed by atoms with Crippen molar-refractivity contribution >= 4 is 5.82 Å². The molecule has 1 saturated heterocycles. The van der Waals surface area contributed by atoms with Gasteiger partial charge in [0.25, 0.3) is 0 Å². The van der Waals surface area contributed by atoms with Crippen molar-refractivity contribution in [1.29, 1.82) is 0 Å². The van der Waals surface area contributed by atoms with E-state index in [0.717, 1.165) is 38.4 Å². The third-order valence-corrected chi connectivity index (χ3v) is 3.49. The van der Waals surface area contributed by atoms with Crippen LogP contribution in [-0.2, 0) is 0 Å². The van der Waals surface area contributed by atoms with E-state index in [-0.39, 0.29) is 6.61 Å². The minimum absolute atomic E-state index is 0.264. The van der Waals surface area contributed by atoms with Crippen LogP contribution in [0.1, 0.15) is 13.3 Å². The largest absolute Gasteiger partial charge is 0.395 e.